The Bertz CT molecular complexity index is 1360. The number of nitrogens with one attached hydrogen (secondary N) is 2. The van der Waals surface area contributed by atoms with Gasteiger partial charge in [-0.25, -0.2) is 9.97 Å². The minimum atomic E-state index is -0.865. The Balaban J connectivity index is 1.40. The molecule has 3 heterocycles. The van der Waals surface area contributed by atoms with Crippen LogP contribution in [0.3, 0.4) is 0 Å². The number of aromatic nitrogens is 2. The molecule has 0 radical (unpaired) electrons. The summed E-state index contributed by atoms with van der Waals surface area (Å²) >= 11 is 0. The molecule has 7 nitrogen and oxygen atoms in total. The van der Waals surface area contributed by atoms with Crippen LogP contribution >= 0.6 is 0 Å². The van der Waals surface area contributed by atoms with Gasteiger partial charge in [0, 0.05) is 18.1 Å². The Kier molecular flexibility index (Phi) is 5.24. The molecule has 162 valence electrons. The lowest BCUT2D eigenvalue weighted by Crippen LogP contribution is -2.30. The van der Waals surface area contributed by atoms with E-state index in [0.29, 0.717) is 12.1 Å². The molecule has 0 atom stereocenters. The normalized spacial score (nSPS) is 12.1. The van der Waals surface area contributed by atoms with Crippen LogP contribution in [0.1, 0.15) is 26.3 Å². The topological polar surface area (TPSA) is 87.2 Å². The second kappa shape index (κ2) is 8.51. The third-order valence-corrected chi connectivity index (χ3v) is 5.31. The van der Waals surface area contributed by atoms with E-state index in [4.69, 9.17) is 0 Å². The molecule has 0 fully saturated rings. The summed E-state index contributed by atoms with van der Waals surface area (Å²) in [5, 5.41) is 5.92. The minimum Gasteiger partial charge on any atom is -0.354 e. The van der Waals surface area contributed by atoms with Crippen molar-refractivity contribution < 1.29 is 14.0 Å². The molecular weight excluding hydrogens is 421 g/mol. The third kappa shape index (κ3) is 4.01. The number of rotatable bonds is 3. The number of hydrogen-bond acceptors (Lipinski definition) is 5. The molecular formula is C25H18FN5O2. The highest BCUT2D eigenvalue weighted by Crippen LogP contribution is 2.36. The van der Waals surface area contributed by atoms with E-state index in [0.717, 1.165) is 22.6 Å². The number of carbonyl (C=O) groups excluding carboxylic acids is 2. The first-order valence-corrected chi connectivity index (χ1v) is 10.2. The number of halogens is 1. The van der Waals surface area contributed by atoms with Crippen molar-refractivity contribution in [1.29, 1.82) is 0 Å². The van der Waals surface area contributed by atoms with Crippen molar-refractivity contribution in [2.24, 2.45) is 0 Å². The van der Waals surface area contributed by atoms with Gasteiger partial charge in [0.05, 0.1) is 29.0 Å². The fraction of sp³-hybridized carbons (Fsp3) is 0.0400. The lowest BCUT2D eigenvalue weighted by atomic mass is 10.1. The molecule has 0 unspecified atom stereocenters. The van der Waals surface area contributed by atoms with E-state index in [2.05, 4.69) is 20.6 Å². The van der Waals surface area contributed by atoms with Gasteiger partial charge in [-0.2, -0.15) is 4.39 Å². The van der Waals surface area contributed by atoms with Crippen molar-refractivity contribution in [1.82, 2.24) is 9.97 Å². The van der Waals surface area contributed by atoms with Crippen molar-refractivity contribution >= 4 is 34.7 Å². The average molecular weight is 439 g/mol. The zero-order valence-corrected chi connectivity index (χ0v) is 17.3. The first-order chi connectivity index (χ1) is 16.1. The number of hydrogen-bond donors (Lipinski definition) is 2. The zero-order valence-electron chi connectivity index (χ0n) is 17.3. The largest absolute Gasteiger partial charge is 0.354 e. The van der Waals surface area contributed by atoms with Crippen LogP contribution in [0, 0.1) is 5.95 Å². The number of benzene rings is 2. The summed E-state index contributed by atoms with van der Waals surface area (Å²) in [4.78, 5) is 35.1. The van der Waals surface area contributed by atoms with Gasteiger partial charge in [-0.1, -0.05) is 30.3 Å². The molecule has 0 saturated carbocycles. The van der Waals surface area contributed by atoms with Crippen molar-refractivity contribution in [2.45, 2.75) is 6.54 Å². The molecule has 2 amide bonds. The molecule has 1 aliphatic rings. The van der Waals surface area contributed by atoms with Crippen LogP contribution in [-0.2, 0) is 6.54 Å². The standard InChI is InChI=1S/C25H18FN5O2/c26-23-18(7-5-13-27-23)24(32)30-22-12-11-16(14-28-22)25(33)31-15-17-6-1-2-8-19(17)29-20-9-3-4-10-21(20)31/h1-14,29H,15H2,(H,28,30,32). The number of para-hydroxylation sites is 3. The van der Waals surface area contributed by atoms with Gasteiger partial charge in [-0.15, -0.1) is 0 Å². The van der Waals surface area contributed by atoms with Gasteiger partial charge >= 0.3 is 0 Å². The van der Waals surface area contributed by atoms with E-state index in [1.54, 1.807) is 11.0 Å². The third-order valence-electron chi connectivity index (χ3n) is 5.31. The van der Waals surface area contributed by atoms with E-state index < -0.39 is 11.9 Å². The molecule has 33 heavy (non-hydrogen) atoms. The molecule has 2 aromatic carbocycles. The quantitative estimate of drug-likeness (QED) is 0.449. The minimum absolute atomic E-state index is 0.188. The lowest BCUT2D eigenvalue weighted by molar-refractivity contribution is 0.0984. The number of fused-ring (bicyclic) bond motifs is 2. The molecule has 0 spiro atoms. The Morgan fingerprint density at radius 3 is 2.48 bits per heavy atom. The second-order valence-electron chi connectivity index (χ2n) is 7.42. The average Bonchev–Trinajstić information content (AvgIpc) is 3.01. The molecule has 0 saturated heterocycles. The SMILES string of the molecule is O=C(Nc1ccc(C(=O)N2Cc3ccccc3Nc3ccccc32)cn1)c1cccnc1F. The van der Waals surface area contributed by atoms with Gasteiger partial charge in [-0.3, -0.25) is 9.59 Å². The van der Waals surface area contributed by atoms with E-state index in [1.807, 2.05) is 48.5 Å². The monoisotopic (exact) mass is 439 g/mol. The molecule has 2 N–H and O–H groups in total. The van der Waals surface area contributed by atoms with E-state index in [1.165, 1.54) is 30.6 Å². The molecule has 5 rings (SSSR count). The predicted molar refractivity (Wildman–Crippen MR) is 123 cm³/mol. The smallest absolute Gasteiger partial charge is 0.261 e. The van der Waals surface area contributed by atoms with Gasteiger partial charge in [0.1, 0.15) is 5.82 Å². The molecule has 1 aliphatic heterocycles. The Hall–Kier alpha value is -4.59. The first kappa shape index (κ1) is 20.3. The Labute approximate surface area is 188 Å². The number of anilines is 4. The summed E-state index contributed by atoms with van der Waals surface area (Å²) in [6.07, 6.45) is 2.66. The number of amides is 2. The van der Waals surface area contributed by atoms with Crippen LogP contribution in [-0.4, -0.2) is 21.8 Å². The van der Waals surface area contributed by atoms with Crippen molar-refractivity contribution in [3.63, 3.8) is 0 Å². The summed E-state index contributed by atoms with van der Waals surface area (Å²) < 4.78 is 13.7. The Morgan fingerprint density at radius 2 is 1.70 bits per heavy atom. The van der Waals surface area contributed by atoms with Crippen LogP contribution in [0.5, 0.6) is 0 Å². The molecule has 0 aliphatic carbocycles. The maximum atomic E-state index is 13.7. The summed E-state index contributed by atoms with van der Waals surface area (Å²) in [7, 11) is 0. The van der Waals surface area contributed by atoms with Gasteiger partial charge in [0.25, 0.3) is 11.8 Å². The molecule has 4 aromatic rings. The van der Waals surface area contributed by atoms with Crippen LogP contribution in [0.4, 0.5) is 27.3 Å². The van der Waals surface area contributed by atoms with Gasteiger partial charge < -0.3 is 15.5 Å². The summed E-state index contributed by atoms with van der Waals surface area (Å²) in [6.45, 7) is 0.387. The van der Waals surface area contributed by atoms with Crippen molar-refractivity contribution in [3.05, 3.63) is 108 Å². The highest BCUT2D eigenvalue weighted by Gasteiger charge is 2.25. The molecule has 0 bridgehead atoms. The van der Waals surface area contributed by atoms with Crippen LogP contribution < -0.4 is 15.5 Å². The van der Waals surface area contributed by atoms with E-state index in [-0.39, 0.29) is 17.3 Å². The van der Waals surface area contributed by atoms with Crippen LogP contribution in [0.2, 0.25) is 0 Å². The fourth-order valence-corrected chi connectivity index (χ4v) is 3.67. The summed E-state index contributed by atoms with van der Waals surface area (Å²) in [5.74, 6) is -1.57. The van der Waals surface area contributed by atoms with Gasteiger partial charge in [0.2, 0.25) is 5.95 Å². The van der Waals surface area contributed by atoms with Crippen LogP contribution in [0.15, 0.2) is 85.2 Å². The number of pyridine rings is 2. The maximum absolute atomic E-state index is 13.7. The summed E-state index contributed by atoms with van der Waals surface area (Å²) in [6, 6.07) is 21.3. The van der Waals surface area contributed by atoms with Crippen LogP contribution in [0.25, 0.3) is 0 Å². The van der Waals surface area contributed by atoms with Crippen molar-refractivity contribution in [3.8, 4) is 0 Å². The first-order valence-electron chi connectivity index (χ1n) is 10.2. The number of carbonyl (C=O) groups is 2. The van der Waals surface area contributed by atoms with Gasteiger partial charge in [0.15, 0.2) is 0 Å². The highest BCUT2D eigenvalue weighted by atomic mass is 19.1. The predicted octanol–water partition coefficient (Wildman–Crippen LogP) is 4.77. The molecule has 8 heteroatoms. The van der Waals surface area contributed by atoms with Gasteiger partial charge in [-0.05, 0) is 48.0 Å². The fourth-order valence-electron chi connectivity index (χ4n) is 3.67. The Morgan fingerprint density at radius 1 is 0.909 bits per heavy atom. The van der Waals surface area contributed by atoms with E-state index in [9.17, 15) is 14.0 Å². The second-order valence-corrected chi connectivity index (χ2v) is 7.42. The van der Waals surface area contributed by atoms with Crippen molar-refractivity contribution in [2.75, 3.05) is 15.5 Å². The summed E-state index contributed by atoms with van der Waals surface area (Å²) in [5.41, 5.74) is 3.67. The zero-order chi connectivity index (χ0) is 22.8. The van der Waals surface area contributed by atoms with E-state index >= 15 is 0 Å². The highest BCUT2D eigenvalue weighted by molar-refractivity contribution is 6.09. The maximum Gasteiger partial charge on any atom is 0.261 e. The number of nitrogens with zero attached hydrogens (tertiary/aromatic N) is 3. The molecule has 2 aromatic heterocycles. The lowest BCUT2D eigenvalue weighted by Gasteiger charge is -2.22.